The van der Waals surface area contributed by atoms with Gasteiger partial charge in [-0.15, -0.1) is 0 Å². The Hall–Kier alpha value is -3.25. The third-order valence-corrected chi connectivity index (χ3v) is 6.40. The van der Waals surface area contributed by atoms with Gasteiger partial charge in [0.25, 0.3) is 5.91 Å². The Bertz CT molecular complexity index is 1100. The van der Waals surface area contributed by atoms with Crippen LogP contribution in [0.15, 0.2) is 59.0 Å². The summed E-state index contributed by atoms with van der Waals surface area (Å²) in [4.78, 5) is 12.9. The van der Waals surface area contributed by atoms with E-state index < -0.39 is 0 Å². The fraction of sp³-hybridized carbons (Fsp3) is 0.393. The van der Waals surface area contributed by atoms with Gasteiger partial charge in [-0.2, -0.15) is 0 Å². The van der Waals surface area contributed by atoms with E-state index in [2.05, 4.69) is 30.4 Å². The van der Waals surface area contributed by atoms with Crippen LogP contribution in [0.4, 0.5) is 0 Å². The van der Waals surface area contributed by atoms with E-state index in [-0.39, 0.29) is 23.7 Å². The minimum atomic E-state index is -0.227. The molecule has 0 saturated carbocycles. The molecule has 1 amide bonds. The van der Waals surface area contributed by atoms with E-state index in [9.17, 15) is 4.79 Å². The molecular formula is C28H33NO5. The Balaban J connectivity index is 1.39. The normalized spacial score (nSPS) is 15.0. The van der Waals surface area contributed by atoms with Crippen LogP contribution in [-0.2, 0) is 16.8 Å². The summed E-state index contributed by atoms with van der Waals surface area (Å²) >= 11 is 0. The fourth-order valence-corrected chi connectivity index (χ4v) is 4.43. The Labute approximate surface area is 201 Å². The number of aryl methyl sites for hydroxylation is 2. The molecular weight excluding hydrogens is 430 g/mol. The highest BCUT2D eigenvalue weighted by atomic mass is 16.5. The van der Waals surface area contributed by atoms with E-state index in [4.69, 9.17) is 18.6 Å². The summed E-state index contributed by atoms with van der Waals surface area (Å²) in [5, 5.41) is 3.09. The zero-order chi connectivity index (χ0) is 24.0. The second-order valence-corrected chi connectivity index (χ2v) is 8.86. The number of rotatable bonds is 9. The van der Waals surface area contributed by atoms with E-state index in [1.807, 2.05) is 38.1 Å². The van der Waals surface area contributed by atoms with Crippen molar-refractivity contribution in [3.05, 3.63) is 82.8 Å². The van der Waals surface area contributed by atoms with E-state index in [0.717, 1.165) is 29.9 Å². The number of amides is 1. The van der Waals surface area contributed by atoms with Gasteiger partial charge in [-0.3, -0.25) is 4.79 Å². The SMILES string of the molecule is CCOc1ccc(C2(CNC(=O)c3ccc(COc4ccc(C)cc4C)o3)CCOCC2)cc1. The molecule has 1 saturated heterocycles. The van der Waals surface area contributed by atoms with Gasteiger partial charge in [0.15, 0.2) is 5.76 Å². The first-order valence-electron chi connectivity index (χ1n) is 11.9. The van der Waals surface area contributed by atoms with Crippen molar-refractivity contribution >= 4 is 5.91 Å². The summed E-state index contributed by atoms with van der Waals surface area (Å²) in [7, 11) is 0. The summed E-state index contributed by atoms with van der Waals surface area (Å²) in [6, 6.07) is 17.7. The molecule has 1 aromatic heterocycles. The molecule has 2 aromatic carbocycles. The first kappa shape index (κ1) is 23.9. The maximum atomic E-state index is 12.9. The molecule has 1 N–H and O–H groups in total. The molecule has 6 nitrogen and oxygen atoms in total. The molecule has 4 rings (SSSR count). The molecule has 1 fully saturated rings. The predicted molar refractivity (Wildman–Crippen MR) is 131 cm³/mol. The molecule has 0 aliphatic carbocycles. The van der Waals surface area contributed by atoms with Gasteiger partial charge in [0, 0.05) is 25.2 Å². The molecule has 3 aromatic rings. The van der Waals surface area contributed by atoms with Crippen LogP contribution in [0.3, 0.4) is 0 Å². The van der Waals surface area contributed by atoms with Crippen molar-refractivity contribution in [3.63, 3.8) is 0 Å². The van der Waals surface area contributed by atoms with Crippen molar-refractivity contribution < 1.29 is 23.4 Å². The van der Waals surface area contributed by atoms with Crippen LogP contribution in [0.5, 0.6) is 11.5 Å². The Morgan fingerprint density at radius 2 is 1.76 bits per heavy atom. The summed E-state index contributed by atoms with van der Waals surface area (Å²) in [5.41, 5.74) is 3.26. The lowest BCUT2D eigenvalue weighted by Gasteiger charge is -2.38. The molecule has 1 aliphatic rings. The van der Waals surface area contributed by atoms with Crippen molar-refractivity contribution in [2.75, 3.05) is 26.4 Å². The number of nitrogens with one attached hydrogen (secondary N) is 1. The zero-order valence-electron chi connectivity index (χ0n) is 20.2. The molecule has 0 bridgehead atoms. The number of furan rings is 1. The number of hydrogen-bond donors (Lipinski definition) is 1. The first-order chi connectivity index (χ1) is 16.5. The lowest BCUT2D eigenvalue weighted by atomic mass is 9.74. The summed E-state index contributed by atoms with van der Waals surface area (Å²) in [6.45, 7) is 8.79. The maximum Gasteiger partial charge on any atom is 0.287 e. The highest BCUT2D eigenvalue weighted by Crippen LogP contribution is 2.35. The fourth-order valence-electron chi connectivity index (χ4n) is 4.43. The minimum absolute atomic E-state index is 0.180. The van der Waals surface area contributed by atoms with E-state index in [1.165, 1.54) is 11.1 Å². The number of benzene rings is 2. The lowest BCUT2D eigenvalue weighted by molar-refractivity contribution is 0.0484. The van der Waals surface area contributed by atoms with Crippen LogP contribution < -0.4 is 14.8 Å². The summed E-state index contributed by atoms with van der Waals surface area (Å²) in [6.07, 6.45) is 1.68. The van der Waals surface area contributed by atoms with Crippen molar-refractivity contribution in [3.8, 4) is 11.5 Å². The largest absolute Gasteiger partial charge is 0.494 e. The van der Waals surface area contributed by atoms with Crippen molar-refractivity contribution in [1.29, 1.82) is 0 Å². The van der Waals surface area contributed by atoms with Crippen LogP contribution in [-0.4, -0.2) is 32.3 Å². The average Bonchev–Trinajstić information content (AvgIpc) is 3.32. The number of hydrogen-bond acceptors (Lipinski definition) is 5. The van der Waals surface area contributed by atoms with Gasteiger partial charge in [0.2, 0.25) is 0 Å². The van der Waals surface area contributed by atoms with Gasteiger partial charge >= 0.3 is 0 Å². The molecule has 6 heteroatoms. The third kappa shape index (κ3) is 5.62. The second kappa shape index (κ2) is 10.8. The van der Waals surface area contributed by atoms with Crippen molar-refractivity contribution in [2.45, 2.75) is 45.6 Å². The van der Waals surface area contributed by atoms with Crippen LogP contribution in [0.25, 0.3) is 0 Å². The quantitative estimate of drug-likeness (QED) is 0.463. The van der Waals surface area contributed by atoms with Crippen LogP contribution in [0.1, 0.15) is 52.8 Å². The minimum Gasteiger partial charge on any atom is -0.494 e. The average molecular weight is 464 g/mol. The Morgan fingerprint density at radius 3 is 2.47 bits per heavy atom. The van der Waals surface area contributed by atoms with Crippen molar-refractivity contribution in [2.24, 2.45) is 0 Å². The highest BCUT2D eigenvalue weighted by molar-refractivity contribution is 5.91. The summed E-state index contributed by atoms with van der Waals surface area (Å²) in [5.74, 6) is 2.33. The van der Waals surface area contributed by atoms with Crippen LogP contribution in [0.2, 0.25) is 0 Å². The Kier molecular flexibility index (Phi) is 7.58. The number of ether oxygens (including phenoxy) is 3. The van der Waals surface area contributed by atoms with Crippen molar-refractivity contribution in [1.82, 2.24) is 5.32 Å². The number of carbonyl (C=O) groups is 1. The molecule has 1 aliphatic heterocycles. The molecule has 2 heterocycles. The predicted octanol–water partition coefficient (Wildman–Crippen LogP) is 5.35. The van der Waals surface area contributed by atoms with Gasteiger partial charge < -0.3 is 23.9 Å². The maximum absolute atomic E-state index is 12.9. The molecule has 0 atom stereocenters. The standard InChI is InChI=1S/C28H33NO5/c1-4-32-23-8-6-22(7-9-23)28(13-15-31-16-14-28)19-29-27(30)26-12-10-24(34-26)18-33-25-11-5-20(2)17-21(25)3/h5-12,17H,4,13-16,18-19H2,1-3H3,(H,29,30). The second-order valence-electron chi connectivity index (χ2n) is 8.86. The monoisotopic (exact) mass is 463 g/mol. The van der Waals surface area contributed by atoms with Gasteiger partial charge in [0.1, 0.15) is 23.9 Å². The van der Waals surface area contributed by atoms with Gasteiger partial charge in [0.05, 0.1) is 6.61 Å². The molecule has 0 unspecified atom stereocenters. The molecule has 0 radical (unpaired) electrons. The smallest absolute Gasteiger partial charge is 0.287 e. The molecule has 34 heavy (non-hydrogen) atoms. The van der Waals surface area contributed by atoms with Gasteiger partial charge in [-0.05, 0) is 75.1 Å². The van der Waals surface area contributed by atoms with Gasteiger partial charge in [-0.25, -0.2) is 0 Å². The Morgan fingerprint density at radius 1 is 1.00 bits per heavy atom. The zero-order valence-corrected chi connectivity index (χ0v) is 20.2. The van der Waals surface area contributed by atoms with E-state index >= 15 is 0 Å². The topological polar surface area (TPSA) is 69.9 Å². The van der Waals surface area contributed by atoms with E-state index in [1.54, 1.807) is 12.1 Å². The van der Waals surface area contributed by atoms with Gasteiger partial charge in [-0.1, -0.05) is 29.8 Å². The summed E-state index contributed by atoms with van der Waals surface area (Å²) < 4.78 is 22.8. The van der Waals surface area contributed by atoms with E-state index in [0.29, 0.717) is 32.1 Å². The number of carbonyl (C=O) groups excluding carboxylic acids is 1. The first-order valence-corrected chi connectivity index (χ1v) is 11.9. The third-order valence-electron chi connectivity index (χ3n) is 6.40. The molecule has 0 spiro atoms. The highest BCUT2D eigenvalue weighted by Gasteiger charge is 2.35. The van der Waals surface area contributed by atoms with Crippen LogP contribution >= 0.6 is 0 Å². The van der Waals surface area contributed by atoms with Crippen LogP contribution in [0, 0.1) is 13.8 Å². The lowest BCUT2D eigenvalue weighted by Crippen LogP contribution is -2.44. The molecule has 180 valence electrons.